The van der Waals surface area contributed by atoms with Crippen molar-refractivity contribution >= 4 is 27.7 Å². The van der Waals surface area contributed by atoms with Crippen LogP contribution in [0.25, 0.3) is 0 Å². The van der Waals surface area contributed by atoms with Crippen LogP contribution >= 0.6 is 27.7 Å². The molecule has 1 aromatic rings. The summed E-state index contributed by atoms with van der Waals surface area (Å²) in [5.41, 5.74) is 8.36. The summed E-state index contributed by atoms with van der Waals surface area (Å²) in [4.78, 5) is 0. The molecule has 0 amide bonds. The van der Waals surface area contributed by atoms with Crippen LogP contribution in [-0.2, 0) is 5.75 Å². The average molecular weight is 304 g/mol. The maximum Gasteiger partial charge on any atom is 0.137 e. The first-order valence-electron chi connectivity index (χ1n) is 5.36. The maximum atomic E-state index is 13.4. The van der Waals surface area contributed by atoms with Gasteiger partial charge >= 0.3 is 0 Å². The van der Waals surface area contributed by atoms with Crippen molar-refractivity contribution in [1.82, 2.24) is 0 Å². The van der Waals surface area contributed by atoms with Crippen molar-refractivity contribution in [2.24, 2.45) is 11.7 Å². The molecule has 88 valence electrons. The topological polar surface area (TPSA) is 26.0 Å². The third-order valence-electron chi connectivity index (χ3n) is 3.02. The van der Waals surface area contributed by atoms with E-state index in [4.69, 9.17) is 5.73 Å². The highest BCUT2D eigenvalue weighted by molar-refractivity contribution is 9.10. The first-order chi connectivity index (χ1) is 7.52. The van der Waals surface area contributed by atoms with E-state index in [2.05, 4.69) is 29.8 Å². The Kier molecular flexibility index (Phi) is 3.62. The first kappa shape index (κ1) is 12.4. The van der Waals surface area contributed by atoms with Crippen LogP contribution in [-0.4, -0.2) is 5.25 Å². The number of benzene rings is 1. The molecule has 2 atom stereocenters. The molecule has 1 nitrogen and oxygen atoms in total. The van der Waals surface area contributed by atoms with Gasteiger partial charge in [-0.15, -0.1) is 0 Å². The summed E-state index contributed by atoms with van der Waals surface area (Å²) in [7, 11) is 0. The van der Waals surface area contributed by atoms with Crippen LogP contribution in [0.5, 0.6) is 0 Å². The Hall–Kier alpha value is -0.0600. The van der Waals surface area contributed by atoms with Crippen molar-refractivity contribution in [2.75, 3.05) is 0 Å². The fourth-order valence-corrected chi connectivity index (χ4v) is 4.23. The Morgan fingerprint density at radius 1 is 1.50 bits per heavy atom. The van der Waals surface area contributed by atoms with Crippen LogP contribution < -0.4 is 5.73 Å². The number of rotatable bonds is 1. The van der Waals surface area contributed by atoms with Crippen molar-refractivity contribution in [3.63, 3.8) is 0 Å². The standard InChI is InChI=1S/C12H15BrFNS/c1-6(2)12-11(15)7-3-4-9(14)10(13)8(7)5-16-12/h3-4,6,11-12H,5,15H2,1-2H3. The molecule has 4 heteroatoms. The van der Waals surface area contributed by atoms with Crippen molar-refractivity contribution in [1.29, 1.82) is 0 Å². The summed E-state index contributed by atoms with van der Waals surface area (Å²) in [5, 5.41) is 0.421. The zero-order valence-corrected chi connectivity index (χ0v) is 11.7. The normalized spacial score (nSPS) is 24.6. The molecule has 2 rings (SSSR count). The molecule has 1 aliphatic rings. The van der Waals surface area contributed by atoms with E-state index in [1.807, 2.05) is 17.8 Å². The third-order valence-corrected chi connectivity index (χ3v) is 5.56. The monoisotopic (exact) mass is 303 g/mol. The second-order valence-electron chi connectivity index (χ2n) is 4.47. The second kappa shape index (κ2) is 4.67. The fraction of sp³-hybridized carbons (Fsp3) is 0.500. The molecular formula is C12H15BrFNS. The van der Waals surface area contributed by atoms with Gasteiger partial charge in [0, 0.05) is 17.0 Å². The fourth-order valence-electron chi connectivity index (χ4n) is 2.13. The van der Waals surface area contributed by atoms with Crippen LogP contribution in [0.3, 0.4) is 0 Å². The summed E-state index contributed by atoms with van der Waals surface area (Å²) in [5.74, 6) is 1.18. The van der Waals surface area contributed by atoms with Gasteiger partial charge in [0.15, 0.2) is 0 Å². The molecular weight excluding hydrogens is 289 g/mol. The van der Waals surface area contributed by atoms with Gasteiger partial charge < -0.3 is 5.73 Å². The highest BCUT2D eigenvalue weighted by atomic mass is 79.9. The van der Waals surface area contributed by atoms with Gasteiger partial charge in [0.05, 0.1) is 4.47 Å². The van der Waals surface area contributed by atoms with E-state index in [9.17, 15) is 4.39 Å². The molecule has 16 heavy (non-hydrogen) atoms. The predicted molar refractivity (Wildman–Crippen MR) is 70.9 cm³/mol. The number of halogens is 2. The van der Waals surface area contributed by atoms with Gasteiger partial charge in [-0.05, 0) is 39.0 Å². The molecule has 1 aliphatic heterocycles. The van der Waals surface area contributed by atoms with Crippen molar-refractivity contribution in [3.05, 3.63) is 33.5 Å². The molecule has 0 spiro atoms. The molecule has 0 radical (unpaired) electrons. The summed E-state index contributed by atoms with van der Waals surface area (Å²) in [6, 6.07) is 3.33. The minimum Gasteiger partial charge on any atom is -0.323 e. The number of nitrogens with two attached hydrogens (primary N) is 1. The largest absolute Gasteiger partial charge is 0.323 e. The van der Waals surface area contributed by atoms with Gasteiger partial charge in [-0.25, -0.2) is 4.39 Å². The van der Waals surface area contributed by atoms with Crippen LogP contribution in [0.1, 0.15) is 31.0 Å². The Balaban J connectivity index is 2.43. The molecule has 1 aromatic carbocycles. The third kappa shape index (κ3) is 2.03. The van der Waals surface area contributed by atoms with Crippen LogP contribution in [0.2, 0.25) is 0 Å². The van der Waals surface area contributed by atoms with Gasteiger partial charge in [-0.1, -0.05) is 19.9 Å². The summed E-state index contributed by atoms with van der Waals surface area (Å²) in [6.45, 7) is 4.36. The molecule has 2 unspecified atom stereocenters. The summed E-state index contributed by atoms with van der Waals surface area (Å²) >= 11 is 5.13. The van der Waals surface area contributed by atoms with Crippen LogP contribution in [0, 0.1) is 11.7 Å². The van der Waals surface area contributed by atoms with Gasteiger partial charge in [-0.2, -0.15) is 11.8 Å². The molecule has 0 aromatic heterocycles. The molecule has 0 aliphatic carbocycles. The number of fused-ring (bicyclic) bond motifs is 1. The highest BCUT2D eigenvalue weighted by Crippen LogP contribution is 2.42. The minimum atomic E-state index is -0.199. The van der Waals surface area contributed by atoms with Gasteiger partial charge in [0.1, 0.15) is 5.82 Å². The van der Waals surface area contributed by atoms with E-state index >= 15 is 0 Å². The first-order valence-corrected chi connectivity index (χ1v) is 7.20. The Labute approximate surface area is 108 Å². The number of thioether (sulfide) groups is 1. The Morgan fingerprint density at radius 2 is 2.19 bits per heavy atom. The lowest BCUT2D eigenvalue weighted by Gasteiger charge is -2.33. The lowest BCUT2D eigenvalue weighted by Crippen LogP contribution is -2.32. The second-order valence-corrected chi connectivity index (χ2v) is 6.43. The predicted octanol–water partition coefficient (Wildman–Crippen LogP) is 3.86. The molecule has 0 fully saturated rings. The SMILES string of the molecule is CC(C)C1SCc2c(ccc(F)c2Br)C1N. The van der Waals surface area contributed by atoms with E-state index in [1.54, 1.807) is 0 Å². The summed E-state index contributed by atoms with van der Waals surface area (Å²) in [6.07, 6.45) is 0. The van der Waals surface area contributed by atoms with Crippen LogP contribution in [0.15, 0.2) is 16.6 Å². The average Bonchev–Trinajstić information content (AvgIpc) is 2.23. The maximum absolute atomic E-state index is 13.4. The van der Waals surface area contributed by atoms with Gasteiger partial charge in [-0.3, -0.25) is 0 Å². The van der Waals surface area contributed by atoms with Gasteiger partial charge in [0.25, 0.3) is 0 Å². The molecule has 2 N–H and O–H groups in total. The van der Waals surface area contributed by atoms with E-state index in [-0.39, 0.29) is 11.9 Å². The lowest BCUT2D eigenvalue weighted by molar-refractivity contribution is 0.518. The van der Waals surface area contributed by atoms with E-state index in [0.717, 1.165) is 16.9 Å². The lowest BCUT2D eigenvalue weighted by atomic mass is 9.93. The molecule has 0 bridgehead atoms. The zero-order chi connectivity index (χ0) is 11.9. The minimum absolute atomic E-state index is 0.00523. The quantitative estimate of drug-likeness (QED) is 0.852. The Bertz CT molecular complexity index is 408. The summed E-state index contributed by atoms with van der Waals surface area (Å²) < 4.78 is 14.0. The number of hydrogen-bond donors (Lipinski definition) is 1. The smallest absolute Gasteiger partial charge is 0.137 e. The van der Waals surface area contributed by atoms with Crippen LogP contribution in [0.4, 0.5) is 4.39 Å². The van der Waals surface area contributed by atoms with Crippen molar-refractivity contribution in [2.45, 2.75) is 30.9 Å². The molecule has 1 heterocycles. The highest BCUT2D eigenvalue weighted by Gasteiger charge is 2.31. The Morgan fingerprint density at radius 3 is 2.81 bits per heavy atom. The number of hydrogen-bond acceptors (Lipinski definition) is 2. The molecule has 0 saturated carbocycles. The van der Waals surface area contributed by atoms with Gasteiger partial charge in [0.2, 0.25) is 0 Å². The van der Waals surface area contributed by atoms with Crippen molar-refractivity contribution in [3.8, 4) is 0 Å². The van der Waals surface area contributed by atoms with Crippen molar-refractivity contribution < 1.29 is 4.39 Å². The zero-order valence-electron chi connectivity index (χ0n) is 9.34. The van der Waals surface area contributed by atoms with E-state index in [0.29, 0.717) is 15.6 Å². The van der Waals surface area contributed by atoms with E-state index in [1.165, 1.54) is 6.07 Å². The molecule has 0 saturated heterocycles. The van der Waals surface area contributed by atoms with E-state index < -0.39 is 0 Å².